The summed E-state index contributed by atoms with van der Waals surface area (Å²) in [7, 11) is 0. The number of nitrogens with one attached hydrogen (secondary N) is 2. The van der Waals surface area contributed by atoms with Gasteiger partial charge in [0.05, 0.1) is 11.4 Å². The van der Waals surface area contributed by atoms with E-state index in [1.54, 1.807) is 0 Å². The van der Waals surface area contributed by atoms with Gasteiger partial charge in [-0.1, -0.05) is 6.07 Å². The van der Waals surface area contributed by atoms with Crippen molar-refractivity contribution >= 4 is 44.1 Å². The van der Waals surface area contributed by atoms with Crippen molar-refractivity contribution in [1.29, 1.82) is 0 Å². The minimum atomic E-state index is -0.247. The molecule has 1 aliphatic rings. The highest BCUT2D eigenvalue weighted by Gasteiger charge is 2.15. The van der Waals surface area contributed by atoms with Crippen LogP contribution in [0.5, 0.6) is 0 Å². The highest BCUT2D eigenvalue weighted by Crippen LogP contribution is 2.31. The molecule has 4 nitrogen and oxygen atoms in total. The lowest BCUT2D eigenvalue weighted by molar-refractivity contribution is -0.113. The van der Waals surface area contributed by atoms with Crippen LogP contribution in [0.3, 0.4) is 0 Å². The smallest absolute Gasteiger partial charge is 0.287 e. The number of carbonyl (C=O) groups excluding carboxylic acids is 2. The fourth-order valence-corrected chi connectivity index (χ4v) is 2.34. The van der Waals surface area contributed by atoms with Gasteiger partial charge in [-0.25, -0.2) is 0 Å². The third-order valence-corrected chi connectivity index (χ3v) is 3.46. The maximum atomic E-state index is 11.2. The number of hydrogen-bond donors (Lipinski definition) is 2. The van der Waals surface area contributed by atoms with Crippen LogP contribution >= 0.6 is 27.7 Å². The van der Waals surface area contributed by atoms with E-state index in [1.807, 2.05) is 18.2 Å². The average Bonchev–Trinajstić information content (AvgIpc) is 2.25. The third-order valence-electron chi connectivity index (χ3n) is 2.11. The van der Waals surface area contributed by atoms with Gasteiger partial charge in [0.1, 0.15) is 0 Å². The first-order chi connectivity index (χ1) is 7.65. The zero-order valence-electron chi connectivity index (χ0n) is 8.25. The first kappa shape index (κ1) is 11.5. The molecular formula is C10H9BrN2O2S. The van der Waals surface area contributed by atoms with Crippen molar-refractivity contribution in [1.82, 2.24) is 5.32 Å². The van der Waals surface area contributed by atoms with Gasteiger partial charge in [-0.3, -0.25) is 9.59 Å². The number of halogens is 1. The molecule has 84 valence electrons. The van der Waals surface area contributed by atoms with Crippen molar-refractivity contribution in [2.45, 2.75) is 11.4 Å². The van der Waals surface area contributed by atoms with E-state index >= 15 is 0 Å². The van der Waals surface area contributed by atoms with Crippen molar-refractivity contribution in [3.05, 3.63) is 23.8 Å². The van der Waals surface area contributed by atoms with Crippen LogP contribution in [0.15, 0.2) is 23.1 Å². The van der Waals surface area contributed by atoms with Crippen molar-refractivity contribution < 1.29 is 9.59 Å². The Morgan fingerprint density at radius 3 is 3.12 bits per heavy atom. The molecule has 0 fully saturated rings. The summed E-state index contributed by atoms with van der Waals surface area (Å²) in [6, 6.07) is 5.77. The van der Waals surface area contributed by atoms with Gasteiger partial charge < -0.3 is 10.6 Å². The second kappa shape index (κ2) is 4.88. The SMILES string of the molecule is O=C(Br)NCc1ccc2c(c1)NC(=O)CS2. The Labute approximate surface area is 105 Å². The number of fused-ring (bicyclic) bond motifs is 1. The number of benzene rings is 1. The molecule has 1 aromatic rings. The van der Waals surface area contributed by atoms with E-state index in [0.717, 1.165) is 16.1 Å². The van der Waals surface area contributed by atoms with E-state index in [1.165, 1.54) is 11.8 Å². The van der Waals surface area contributed by atoms with E-state index in [4.69, 9.17) is 0 Å². The van der Waals surface area contributed by atoms with Crippen LogP contribution in [0.25, 0.3) is 0 Å². The molecule has 1 aliphatic heterocycles. The highest BCUT2D eigenvalue weighted by molar-refractivity contribution is 9.18. The van der Waals surface area contributed by atoms with Gasteiger partial charge in [-0.15, -0.1) is 11.8 Å². The molecule has 0 saturated heterocycles. The van der Waals surface area contributed by atoms with Crippen LogP contribution in [0, 0.1) is 0 Å². The fourth-order valence-electron chi connectivity index (χ4n) is 1.41. The zero-order chi connectivity index (χ0) is 11.5. The Morgan fingerprint density at radius 1 is 1.56 bits per heavy atom. The molecule has 0 atom stereocenters. The van der Waals surface area contributed by atoms with E-state index in [9.17, 15) is 9.59 Å². The van der Waals surface area contributed by atoms with E-state index < -0.39 is 0 Å². The number of amides is 2. The van der Waals surface area contributed by atoms with Gasteiger partial charge in [0.25, 0.3) is 4.82 Å². The first-order valence-corrected chi connectivity index (χ1v) is 6.42. The molecule has 0 spiro atoms. The number of thioether (sulfide) groups is 1. The lowest BCUT2D eigenvalue weighted by Gasteiger charge is -2.17. The molecule has 0 radical (unpaired) electrons. The number of anilines is 1. The molecule has 0 bridgehead atoms. The zero-order valence-corrected chi connectivity index (χ0v) is 10.7. The van der Waals surface area contributed by atoms with Crippen LogP contribution < -0.4 is 10.6 Å². The maximum Gasteiger partial charge on any atom is 0.287 e. The summed E-state index contributed by atoms with van der Waals surface area (Å²) >= 11 is 4.31. The standard InChI is InChI=1S/C10H9BrN2O2S/c11-10(15)12-4-6-1-2-8-7(3-6)13-9(14)5-16-8/h1-3H,4-5H2,(H,12,15)(H,13,14). The molecule has 0 aliphatic carbocycles. The van der Waals surface area contributed by atoms with Crippen LogP contribution in [-0.4, -0.2) is 16.5 Å². The molecule has 1 heterocycles. The topological polar surface area (TPSA) is 58.2 Å². The molecule has 2 amide bonds. The van der Waals surface area contributed by atoms with Gasteiger partial charge >= 0.3 is 0 Å². The molecule has 1 aromatic carbocycles. The number of hydrogen-bond acceptors (Lipinski definition) is 3. The molecule has 0 unspecified atom stereocenters. The second-order valence-electron chi connectivity index (χ2n) is 3.29. The van der Waals surface area contributed by atoms with E-state index in [-0.39, 0.29) is 10.7 Å². The van der Waals surface area contributed by atoms with E-state index in [0.29, 0.717) is 12.3 Å². The Morgan fingerprint density at radius 2 is 2.38 bits per heavy atom. The molecule has 6 heteroatoms. The number of carbonyl (C=O) groups is 2. The normalized spacial score (nSPS) is 13.9. The summed E-state index contributed by atoms with van der Waals surface area (Å²) in [4.78, 5) is 22.7. The monoisotopic (exact) mass is 300 g/mol. The molecule has 0 aromatic heterocycles. The molecule has 2 N–H and O–H groups in total. The maximum absolute atomic E-state index is 11.2. The minimum absolute atomic E-state index is 0.0131. The van der Waals surface area contributed by atoms with Crippen molar-refractivity contribution in [3.8, 4) is 0 Å². The molecule has 2 rings (SSSR count). The van der Waals surface area contributed by atoms with Gasteiger partial charge in [0.2, 0.25) is 5.91 Å². The Hall–Kier alpha value is -1.01. The lowest BCUT2D eigenvalue weighted by atomic mass is 10.2. The van der Waals surface area contributed by atoms with Gasteiger partial charge in [-0.2, -0.15) is 0 Å². The minimum Gasteiger partial charge on any atom is -0.343 e. The summed E-state index contributed by atoms with van der Waals surface area (Å²) in [5.74, 6) is 0.476. The first-order valence-electron chi connectivity index (χ1n) is 4.64. The molecule has 16 heavy (non-hydrogen) atoms. The number of rotatable bonds is 2. The van der Waals surface area contributed by atoms with Crippen LogP contribution in [0.1, 0.15) is 5.56 Å². The predicted molar refractivity (Wildman–Crippen MR) is 67.0 cm³/mol. The van der Waals surface area contributed by atoms with Gasteiger partial charge in [0.15, 0.2) is 0 Å². The quantitative estimate of drug-likeness (QED) is 0.651. The lowest BCUT2D eigenvalue weighted by Crippen LogP contribution is -2.19. The summed E-state index contributed by atoms with van der Waals surface area (Å²) in [6.07, 6.45) is 0. The molecule has 0 saturated carbocycles. The predicted octanol–water partition coefficient (Wildman–Crippen LogP) is 2.34. The molecular weight excluding hydrogens is 292 g/mol. The van der Waals surface area contributed by atoms with Crippen molar-refractivity contribution in [2.75, 3.05) is 11.1 Å². The third kappa shape index (κ3) is 2.76. The Kier molecular flexibility index (Phi) is 3.50. The van der Waals surface area contributed by atoms with Crippen LogP contribution in [-0.2, 0) is 11.3 Å². The van der Waals surface area contributed by atoms with Gasteiger partial charge in [-0.05, 0) is 17.7 Å². The fraction of sp³-hybridized carbons (Fsp3) is 0.200. The summed E-state index contributed by atoms with van der Waals surface area (Å²) in [6.45, 7) is 0.442. The van der Waals surface area contributed by atoms with Gasteiger partial charge in [0, 0.05) is 27.4 Å². The highest BCUT2D eigenvalue weighted by atomic mass is 79.9. The van der Waals surface area contributed by atoms with Crippen molar-refractivity contribution in [2.24, 2.45) is 0 Å². The summed E-state index contributed by atoms with van der Waals surface area (Å²) in [5.41, 5.74) is 1.77. The van der Waals surface area contributed by atoms with E-state index in [2.05, 4.69) is 26.6 Å². The second-order valence-corrected chi connectivity index (χ2v) is 5.03. The average molecular weight is 301 g/mol. The Bertz CT molecular complexity index is 450. The summed E-state index contributed by atoms with van der Waals surface area (Å²) in [5, 5.41) is 5.44. The summed E-state index contributed by atoms with van der Waals surface area (Å²) < 4.78 is 0. The Balaban J connectivity index is 2.14. The van der Waals surface area contributed by atoms with Crippen LogP contribution in [0.2, 0.25) is 0 Å². The van der Waals surface area contributed by atoms with Crippen molar-refractivity contribution in [3.63, 3.8) is 0 Å². The largest absolute Gasteiger partial charge is 0.343 e. The van der Waals surface area contributed by atoms with Crippen LogP contribution in [0.4, 0.5) is 10.5 Å².